The van der Waals surface area contributed by atoms with Gasteiger partial charge in [-0.15, -0.1) is 0 Å². The van der Waals surface area contributed by atoms with Gasteiger partial charge in [-0.1, -0.05) is 25.4 Å². The van der Waals surface area contributed by atoms with E-state index in [0.29, 0.717) is 23.0 Å². The third-order valence-electron chi connectivity index (χ3n) is 2.76. The molecule has 0 aliphatic carbocycles. The second kappa shape index (κ2) is 7.15. The highest BCUT2D eigenvalue weighted by Crippen LogP contribution is 2.29. The second-order valence-electron chi connectivity index (χ2n) is 4.87. The lowest BCUT2D eigenvalue weighted by atomic mass is 10.3. The summed E-state index contributed by atoms with van der Waals surface area (Å²) in [7, 11) is -2.03. The van der Waals surface area contributed by atoms with Crippen molar-refractivity contribution >= 4 is 27.3 Å². The fourth-order valence-corrected chi connectivity index (χ4v) is 2.68. The molecule has 1 rings (SSSR count). The molecule has 0 aromatic heterocycles. The molecule has 0 aliphatic rings. The Morgan fingerprint density at radius 3 is 2.50 bits per heavy atom. The van der Waals surface area contributed by atoms with E-state index in [1.54, 1.807) is 19.1 Å². The highest BCUT2D eigenvalue weighted by molar-refractivity contribution is 7.93. The molecule has 7 heteroatoms. The van der Waals surface area contributed by atoms with Crippen molar-refractivity contribution in [3.8, 4) is 5.75 Å². The van der Waals surface area contributed by atoms with Crippen LogP contribution in [-0.4, -0.2) is 33.4 Å². The quantitative estimate of drug-likeness (QED) is 0.810. The summed E-state index contributed by atoms with van der Waals surface area (Å²) >= 11 is 5.88. The van der Waals surface area contributed by atoms with Crippen LogP contribution in [0.25, 0.3) is 0 Å². The summed E-state index contributed by atoms with van der Waals surface area (Å²) in [5, 5.41) is 2.97. The number of methoxy groups -OCH3 is 1. The number of halogens is 1. The summed E-state index contributed by atoms with van der Waals surface area (Å²) in [5.74, 6) is 0.432. The van der Waals surface area contributed by atoms with Crippen LogP contribution in [0, 0.1) is 0 Å². The third kappa shape index (κ3) is 4.85. The van der Waals surface area contributed by atoms with Crippen LogP contribution in [0.2, 0.25) is 5.02 Å². The smallest absolute Gasteiger partial charge is 0.236 e. The first kappa shape index (κ1) is 17.1. The molecule has 1 unspecified atom stereocenters. The molecule has 0 amide bonds. The van der Waals surface area contributed by atoms with E-state index in [1.165, 1.54) is 13.2 Å². The monoisotopic (exact) mass is 320 g/mol. The maximum absolute atomic E-state index is 12.2. The van der Waals surface area contributed by atoms with Crippen LogP contribution in [0.5, 0.6) is 5.75 Å². The zero-order valence-corrected chi connectivity index (χ0v) is 13.7. The number of sulfonamides is 1. The number of anilines is 1. The Balaban J connectivity index is 2.87. The van der Waals surface area contributed by atoms with Gasteiger partial charge in [0.25, 0.3) is 0 Å². The van der Waals surface area contributed by atoms with E-state index in [2.05, 4.69) is 10.0 Å². The van der Waals surface area contributed by atoms with E-state index in [-0.39, 0.29) is 6.04 Å². The average molecular weight is 321 g/mol. The predicted molar refractivity (Wildman–Crippen MR) is 83.1 cm³/mol. The molecular weight excluding hydrogens is 300 g/mol. The van der Waals surface area contributed by atoms with Crippen LogP contribution in [0.1, 0.15) is 20.8 Å². The number of benzene rings is 1. The summed E-state index contributed by atoms with van der Waals surface area (Å²) in [6.07, 6.45) is 0. The fourth-order valence-electron chi connectivity index (χ4n) is 1.53. The van der Waals surface area contributed by atoms with Crippen LogP contribution in [-0.2, 0) is 10.0 Å². The molecule has 5 nitrogen and oxygen atoms in total. The van der Waals surface area contributed by atoms with Crippen LogP contribution < -0.4 is 14.8 Å². The molecule has 0 heterocycles. The molecule has 20 heavy (non-hydrogen) atoms. The first-order valence-electron chi connectivity index (χ1n) is 6.35. The van der Waals surface area contributed by atoms with Crippen molar-refractivity contribution in [3.05, 3.63) is 23.2 Å². The van der Waals surface area contributed by atoms with Crippen molar-refractivity contribution in [2.45, 2.75) is 32.1 Å². The zero-order valence-electron chi connectivity index (χ0n) is 12.1. The number of rotatable bonds is 7. The lowest BCUT2D eigenvalue weighted by Gasteiger charge is -2.18. The molecule has 0 bridgehead atoms. The molecule has 0 radical (unpaired) electrons. The summed E-state index contributed by atoms with van der Waals surface area (Å²) in [4.78, 5) is 0. The molecule has 1 aromatic rings. The Kier molecular flexibility index (Phi) is 6.10. The Bertz CT molecular complexity index is 547. The number of nitrogens with one attached hydrogen (secondary N) is 2. The zero-order chi connectivity index (χ0) is 15.3. The summed E-state index contributed by atoms with van der Waals surface area (Å²) < 4.78 is 32.1. The lowest BCUT2D eigenvalue weighted by molar-refractivity contribution is 0.417. The summed E-state index contributed by atoms with van der Waals surface area (Å²) in [5.41, 5.74) is 0.344. The predicted octanol–water partition coefficient (Wildman–Crippen LogP) is 2.48. The maximum atomic E-state index is 12.2. The van der Waals surface area contributed by atoms with Gasteiger partial charge in [0.1, 0.15) is 5.75 Å². The minimum Gasteiger partial charge on any atom is -0.495 e. The normalized spacial score (nSPS) is 13.3. The third-order valence-corrected chi connectivity index (χ3v) is 4.72. The van der Waals surface area contributed by atoms with Gasteiger partial charge >= 0.3 is 0 Å². The van der Waals surface area contributed by atoms with Crippen molar-refractivity contribution in [1.29, 1.82) is 0 Å². The SMILES string of the molecule is COc1ccc(Cl)cc1NS(=O)(=O)C(C)CNC(C)C. The molecule has 0 saturated carbocycles. The average Bonchev–Trinajstić information content (AvgIpc) is 2.35. The van der Waals surface area contributed by atoms with Crippen LogP contribution >= 0.6 is 11.6 Å². The molecule has 0 saturated heterocycles. The van der Waals surface area contributed by atoms with Gasteiger partial charge in [0.2, 0.25) is 10.0 Å². The van der Waals surface area contributed by atoms with E-state index in [0.717, 1.165) is 0 Å². The van der Waals surface area contributed by atoms with Gasteiger partial charge in [-0.25, -0.2) is 8.42 Å². The topological polar surface area (TPSA) is 67.4 Å². The van der Waals surface area contributed by atoms with Crippen molar-refractivity contribution in [1.82, 2.24) is 5.32 Å². The highest BCUT2D eigenvalue weighted by atomic mass is 35.5. The van der Waals surface area contributed by atoms with Gasteiger partial charge in [-0.3, -0.25) is 4.72 Å². The van der Waals surface area contributed by atoms with E-state index in [1.807, 2.05) is 13.8 Å². The Morgan fingerprint density at radius 1 is 1.30 bits per heavy atom. The molecule has 1 aromatic carbocycles. The summed E-state index contributed by atoms with van der Waals surface area (Å²) in [6, 6.07) is 5.02. The van der Waals surface area contributed by atoms with Gasteiger partial charge in [-0.2, -0.15) is 0 Å². The number of hydrogen-bond acceptors (Lipinski definition) is 4. The number of ether oxygens (including phenoxy) is 1. The van der Waals surface area contributed by atoms with Gasteiger partial charge in [-0.05, 0) is 25.1 Å². The van der Waals surface area contributed by atoms with Crippen molar-refractivity contribution in [2.24, 2.45) is 0 Å². The van der Waals surface area contributed by atoms with Crippen LogP contribution in [0.15, 0.2) is 18.2 Å². The Labute approximate surface area is 125 Å². The largest absolute Gasteiger partial charge is 0.495 e. The van der Waals surface area contributed by atoms with E-state index >= 15 is 0 Å². The number of hydrogen-bond donors (Lipinski definition) is 2. The van der Waals surface area contributed by atoms with Gasteiger partial charge in [0.15, 0.2) is 0 Å². The van der Waals surface area contributed by atoms with Crippen LogP contribution in [0.3, 0.4) is 0 Å². The fraction of sp³-hybridized carbons (Fsp3) is 0.538. The second-order valence-corrected chi connectivity index (χ2v) is 7.40. The molecule has 0 fully saturated rings. The minimum absolute atomic E-state index is 0.230. The van der Waals surface area contributed by atoms with Crippen LogP contribution in [0.4, 0.5) is 5.69 Å². The first-order valence-corrected chi connectivity index (χ1v) is 8.27. The van der Waals surface area contributed by atoms with E-state index in [4.69, 9.17) is 16.3 Å². The Morgan fingerprint density at radius 2 is 1.95 bits per heavy atom. The van der Waals surface area contributed by atoms with Gasteiger partial charge in [0, 0.05) is 17.6 Å². The highest BCUT2D eigenvalue weighted by Gasteiger charge is 2.22. The maximum Gasteiger partial charge on any atom is 0.236 e. The van der Waals surface area contributed by atoms with Gasteiger partial charge in [0.05, 0.1) is 18.0 Å². The molecule has 0 spiro atoms. The van der Waals surface area contributed by atoms with Crippen molar-refractivity contribution in [2.75, 3.05) is 18.4 Å². The summed E-state index contributed by atoms with van der Waals surface area (Å²) in [6.45, 7) is 5.95. The van der Waals surface area contributed by atoms with Crippen molar-refractivity contribution in [3.63, 3.8) is 0 Å². The molecule has 1 atom stereocenters. The molecule has 0 aliphatic heterocycles. The molecular formula is C13H21ClN2O3S. The standard InChI is InChI=1S/C13H21ClN2O3S/c1-9(2)15-8-10(3)20(17,18)16-12-7-11(14)5-6-13(12)19-4/h5-7,9-10,15-16H,8H2,1-4H3. The van der Waals surface area contributed by atoms with E-state index < -0.39 is 15.3 Å². The Hall–Kier alpha value is -0.980. The lowest BCUT2D eigenvalue weighted by Crippen LogP contribution is -2.37. The first-order chi connectivity index (χ1) is 9.26. The van der Waals surface area contributed by atoms with E-state index in [9.17, 15) is 8.42 Å². The molecule has 2 N–H and O–H groups in total. The molecule has 114 valence electrons. The van der Waals surface area contributed by atoms with Crippen molar-refractivity contribution < 1.29 is 13.2 Å². The minimum atomic E-state index is -3.51. The van der Waals surface area contributed by atoms with Gasteiger partial charge < -0.3 is 10.1 Å².